The lowest BCUT2D eigenvalue weighted by molar-refractivity contribution is -0.116. The van der Waals surface area contributed by atoms with E-state index < -0.39 is 0 Å². The lowest BCUT2D eigenvalue weighted by atomic mass is 10.1. The molecule has 1 amide bonds. The first-order valence-electron chi connectivity index (χ1n) is 9.57. The zero-order valence-corrected chi connectivity index (χ0v) is 16.2. The van der Waals surface area contributed by atoms with E-state index in [4.69, 9.17) is 14.2 Å². The number of para-hydroxylation sites is 1. The van der Waals surface area contributed by atoms with Crippen LogP contribution in [0.25, 0.3) is 0 Å². The summed E-state index contributed by atoms with van der Waals surface area (Å²) in [6.07, 6.45) is 1.99. The number of amides is 1. The number of carbonyl (C=O) groups excluding carboxylic acids is 1. The Kier molecular flexibility index (Phi) is 6.22. The molecule has 0 saturated heterocycles. The van der Waals surface area contributed by atoms with Gasteiger partial charge in [-0.1, -0.05) is 18.2 Å². The van der Waals surface area contributed by atoms with Crippen LogP contribution in [0.5, 0.6) is 17.2 Å². The number of hydrogen-bond acceptors (Lipinski definition) is 4. The van der Waals surface area contributed by atoms with Gasteiger partial charge < -0.3 is 19.5 Å². The molecule has 3 rings (SSSR count). The van der Waals surface area contributed by atoms with Crippen LogP contribution in [0.3, 0.4) is 0 Å². The Morgan fingerprint density at radius 1 is 1.15 bits per heavy atom. The van der Waals surface area contributed by atoms with E-state index in [2.05, 4.69) is 5.32 Å². The lowest BCUT2D eigenvalue weighted by Gasteiger charge is -2.14. The van der Waals surface area contributed by atoms with Gasteiger partial charge in [0.1, 0.15) is 23.4 Å². The molecule has 1 aliphatic rings. The number of aryl methyl sites for hydroxylation is 1. The van der Waals surface area contributed by atoms with Crippen molar-refractivity contribution in [3.63, 3.8) is 0 Å². The largest absolute Gasteiger partial charge is 0.494 e. The maximum absolute atomic E-state index is 12.5. The van der Waals surface area contributed by atoms with E-state index >= 15 is 0 Å². The van der Waals surface area contributed by atoms with Crippen LogP contribution in [0.15, 0.2) is 36.4 Å². The predicted octanol–water partition coefficient (Wildman–Crippen LogP) is 4.38. The Bertz CT molecular complexity index is 803. The van der Waals surface area contributed by atoms with E-state index in [1.807, 2.05) is 57.2 Å². The Hall–Kier alpha value is -2.69. The molecule has 5 nitrogen and oxygen atoms in total. The van der Waals surface area contributed by atoms with Crippen molar-refractivity contribution in [2.24, 2.45) is 0 Å². The fraction of sp³-hybridized carbons (Fsp3) is 0.409. The molecule has 1 unspecified atom stereocenters. The molecule has 27 heavy (non-hydrogen) atoms. The van der Waals surface area contributed by atoms with Gasteiger partial charge in [-0.05, 0) is 44.9 Å². The quantitative estimate of drug-likeness (QED) is 0.750. The second-order valence-corrected chi connectivity index (χ2v) is 6.61. The van der Waals surface area contributed by atoms with Crippen molar-refractivity contribution in [1.29, 1.82) is 0 Å². The van der Waals surface area contributed by atoms with Crippen LogP contribution in [-0.4, -0.2) is 25.2 Å². The molecule has 0 radical (unpaired) electrons. The average Bonchev–Trinajstić information content (AvgIpc) is 3.00. The van der Waals surface area contributed by atoms with Gasteiger partial charge in [-0.15, -0.1) is 0 Å². The smallest absolute Gasteiger partial charge is 0.224 e. The number of nitrogens with one attached hydrogen (secondary N) is 1. The molecule has 1 atom stereocenters. The van der Waals surface area contributed by atoms with Gasteiger partial charge in [-0.3, -0.25) is 4.79 Å². The molecular formula is C22H27NO4. The minimum atomic E-state index is -0.0618. The van der Waals surface area contributed by atoms with Gasteiger partial charge in [0.25, 0.3) is 0 Å². The SMILES string of the molecule is CCOc1ccccc1CCC(=O)Nc1cc2c(cc1OCC)CC(C)O2. The Balaban J connectivity index is 1.68. The molecule has 5 heteroatoms. The molecule has 1 N–H and O–H groups in total. The van der Waals surface area contributed by atoms with Crippen LogP contribution in [0.4, 0.5) is 5.69 Å². The van der Waals surface area contributed by atoms with Crippen LogP contribution in [0, 0.1) is 0 Å². The molecule has 1 heterocycles. The number of benzene rings is 2. The van der Waals surface area contributed by atoms with Crippen molar-refractivity contribution >= 4 is 11.6 Å². The van der Waals surface area contributed by atoms with E-state index in [0.717, 1.165) is 29.0 Å². The standard InChI is InChI=1S/C22H27NO4/c1-4-25-19-9-7-6-8-16(19)10-11-22(24)23-18-14-20-17(12-15(3)27-20)13-21(18)26-5-2/h6-9,13-15H,4-5,10-12H2,1-3H3,(H,23,24). The molecular weight excluding hydrogens is 342 g/mol. The summed E-state index contributed by atoms with van der Waals surface area (Å²) in [5, 5.41) is 2.98. The molecule has 0 fully saturated rings. The topological polar surface area (TPSA) is 56.8 Å². The minimum absolute atomic E-state index is 0.0618. The summed E-state index contributed by atoms with van der Waals surface area (Å²) in [6.45, 7) is 7.07. The summed E-state index contributed by atoms with van der Waals surface area (Å²) < 4.78 is 17.2. The van der Waals surface area contributed by atoms with Crippen LogP contribution in [0.2, 0.25) is 0 Å². The predicted molar refractivity (Wildman–Crippen MR) is 106 cm³/mol. The third-order valence-corrected chi connectivity index (χ3v) is 4.47. The first-order chi connectivity index (χ1) is 13.1. The van der Waals surface area contributed by atoms with E-state index in [1.165, 1.54) is 0 Å². The van der Waals surface area contributed by atoms with Gasteiger partial charge in [0.15, 0.2) is 0 Å². The summed E-state index contributed by atoms with van der Waals surface area (Å²) in [6, 6.07) is 11.7. The van der Waals surface area contributed by atoms with Gasteiger partial charge in [-0.2, -0.15) is 0 Å². The number of fused-ring (bicyclic) bond motifs is 1. The normalized spacial score (nSPS) is 15.0. The highest BCUT2D eigenvalue weighted by molar-refractivity contribution is 5.93. The highest BCUT2D eigenvalue weighted by Gasteiger charge is 2.22. The maximum Gasteiger partial charge on any atom is 0.224 e. The number of rotatable bonds is 8. The van der Waals surface area contributed by atoms with Crippen molar-refractivity contribution in [1.82, 2.24) is 0 Å². The van der Waals surface area contributed by atoms with Crippen molar-refractivity contribution in [3.05, 3.63) is 47.5 Å². The highest BCUT2D eigenvalue weighted by Crippen LogP contribution is 2.38. The fourth-order valence-electron chi connectivity index (χ4n) is 3.28. The Labute approximate surface area is 160 Å². The van der Waals surface area contributed by atoms with Crippen molar-refractivity contribution in [3.8, 4) is 17.2 Å². The van der Waals surface area contributed by atoms with E-state index in [1.54, 1.807) is 0 Å². The Morgan fingerprint density at radius 3 is 2.67 bits per heavy atom. The van der Waals surface area contributed by atoms with Crippen molar-refractivity contribution in [2.75, 3.05) is 18.5 Å². The summed E-state index contributed by atoms with van der Waals surface area (Å²) in [5.41, 5.74) is 2.81. The Morgan fingerprint density at radius 2 is 1.89 bits per heavy atom. The van der Waals surface area contributed by atoms with Crippen LogP contribution in [-0.2, 0) is 17.6 Å². The number of ether oxygens (including phenoxy) is 3. The van der Waals surface area contributed by atoms with Gasteiger partial charge in [0.2, 0.25) is 5.91 Å². The van der Waals surface area contributed by atoms with E-state index in [9.17, 15) is 4.79 Å². The molecule has 1 aliphatic heterocycles. The second-order valence-electron chi connectivity index (χ2n) is 6.61. The molecule has 2 aromatic rings. The zero-order valence-electron chi connectivity index (χ0n) is 16.2. The third kappa shape index (κ3) is 4.73. The van der Waals surface area contributed by atoms with Crippen LogP contribution >= 0.6 is 0 Å². The summed E-state index contributed by atoms with van der Waals surface area (Å²) >= 11 is 0. The lowest BCUT2D eigenvalue weighted by Crippen LogP contribution is -2.14. The summed E-state index contributed by atoms with van der Waals surface area (Å²) in [7, 11) is 0. The average molecular weight is 369 g/mol. The molecule has 0 bridgehead atoms. The number of hydrogen-bond donors (Lipinski definition) is 1. The van der Waals surface area contributed by atoms with Gasteiger partial charge in [0, 0.05) is 24.5 Å². The third-order valence-electron chi connectivity index (χ3n) is 4.47. The zero-order chi connectivity index (χ0) is 19.2. The molecule has 144 valence electrons. The molecule has 0 aromatic heterocycles. The van der Waals surface area contributed by atoms with Crippen LogP contribution in [0.1, 0.15) is 38.3 Å². The van der Waals surface area contributed by atoms with Crippen LogP contribution < -0.4 is 19.5 Å². The second kappa shape index (κ2) is 8.80. The highest BCUT2D eigenvalue weighted by atomic mass is 16.5. The molecule has 0 aliphatic carbocycles. The monoisotopic (exact) mass is 369 g/mol. The van der Waals surface area contributed by atoms with Crippen molar-refractivity contribution < 1.29 is 19.0 Å². The van der Waals surface area contributed by atoms with Crippen molar-refractivity contribution in [2.45, 2.75) is 46.1 Å². The maximum atomic E-state index is 12.5. The van der Waals surface area contributed by atoms with Gasteiger partial charge >= 0.3 is 0 Å². The summed E-state index contributed by atoms with van der Waals surface area (Å²) in [4.78, 5) is 12.5. The minimum Gasteiger partial charge on any atom is -0.494 e. The molecule has 0 saturated carbocycles. The number of carbonyl (C=O) groups is 1. The van der Waals surface area contributed by atoms with Gasteiger partial charge in [0.05, 0.1) is 18.9 Å². The first-order valence-corrected chi connectivity index (χ1v) is 9.57. The number of anilines is 1. The summed E-state index contributed by atoms with van der Waals surface area (Å²) in [5.74, 6) is 2.29. The fourth-order valence-corrected chi connectivity index (χ4v) is 3.28. The van der Waals surface area contributed by atoms with E-state index in [-0.39, 0.29) is 12.0 Å². The van der Waals surface area contributed by atoms with Gasteiger partial charge in [-0.25, -0.2) is 0 Å². The molecule has 0 spiro atoms. The first kappa shape index (κ1) is 19.1. The van der Waals surface area contributed by atoms with E-state index in [0.29, 0.717) is 37.5 Å². The molecule has 2 aromatic carbocycles.